The Morgan fingerprint density at radius 3 is 2.81 bits per heavy atom. The largest absolute Gasteiger partial charge is 0.444 e. The predicted octanol–water partition coefficient (Wildman–Crippen LogP) is 3.04. The van der Waals surface area contributed by atoms with E-state index < -0.39 is 11.7 Å². The maximum absolute atomic E-state index is 11.8. The van der Waals surface area contributed by atoms with Gasteiger partial charge in [0.25, 0.3) is 0 Å². The van der Waals surface area contributed by atoms with Crippen molar-refractivity contribution in [2.45, 2.75) is 58.6 Å². The van der Waals surface area contributed by atoms with Gasteiger partial charge >= 0.3 is 6.09 Å². The molecule has 3 N–H and O–H groups in total. The summed E-state index contributed by atoms with van der Waals surface area (Å²) in [5, 5.41) is 12.9. The smallest absolute Gasteiger partial charge is 0.413 e. The lowest BCUT2D eigenvalue weighted by molar-refractivity contribution is 0.0635. The van der Waals surface area contributed by atoms with Gasteiger partial charge in [0.1, 0.15) is 11.4 Å². The molecule has 1 amide bonds. The zero-order valence-corrected chi connectivity index (χ0v) is 13.2. The minimum Gasteiger partial charge on any atom is -0.444 e. The average molecular weight is 294 g/mol. The Hall–Kier alpha value is -1.56. The summed E-state index contributed by atoms with van der Waals surface area (Å²) in [5.74, 6) is 1.39. The van der Waals surface area contributed by atoms with Crippen LogP contribution in [0.15, 0.2) is 6.20 Å². The molecule has 1 aromatic rings. The van der Waals surface area contributed by atoms with Gasteiger partial charge in [-0.1, -0.05) is 12.8 Å². The van der Waals surface area contributed by atoms with Crippen LogP contribution in [-0.2, 0) is 11.3 Å². The van der Waals surface area contributed by atoms with Gasteiger partial charge in [-0.2, -0.15) is 5.10 Å². The van der Waals surface area contributed by atoms with Crippen LogP contribution in [0.25, 0.3) is 0 Å². The zero-order valence-electron chi connectivity index (χ0n) is 13.2. The standard InChI is InChI=1S/C15H26N4O2/c1-15(2,3)21-14(20)18-13-12(10-17-19-13)9-16-8-11-6-4-5-7-11/h10-11,16H,4-9H2,1-3H3,(H2,17,18,19,20). The van der Waals surface area contributed by atoms with Crippen molar-refractivity contribution >= 4 is 11.9 Å². The molecule has 118 valence electrons. The predicted molar refractivity (Wildman–Crippen MR) is 82.1 cm³/mol. The molecule has 0 spiro atoms. The summed E-state index contributed by atoms with van der Waals surface area (Å²) in [6.07, 6.45) is 6.60. The van der Waals surface area contributed by atoms with E-state index in [4.69, 9.17) is 4.74 Å². The van der Waals surface area contributed by atoms with Gasteiger partial charge in [-0.25, -0.2) is 4.79 Å². The van der Waals surface area contributed by atoms with Crippen LogP contribution in [0.4, 0.5) is 10.6 Å². The number of ether oxygens (including phenoxy) is 1. The third-order valence-electron chi connectivity index (χ3n) is 3.57. The molecule has 0 saturated heterocycles. The fraction of sp³-hybridized carbons (Fsp3) is 0.733. The molecule has 21 heavy (non-hydrogen) atoms. The van der Waals surface area contributed by atoms with E-state index >= 15 is 0 Å². The molecule has 6 heteroatoms. The molecule has 0 radical (unpaired) electrons. The molecule has 1 aliphatic carbocycles. The molecule has 1 aromatic heterocycles. The van der Waals surface area contributed by atoms with E-state index in [1.165, 1.54) is 25.7 Å². The van der Waals surface area contributed by atoms with Crippen molar-refractivity contribution in [3.63, 3.8) is 0 Å². The van der Waals surface area contributed by atoms with Crippen LogP contribution in [0.3, 0.4) is 0 Å². The van der Waals surface area contributed by atoms with Gasteiger partial charge in [0, 0.05) is 12.1 Å². The maximum Gasteiger partial charge on any atom is 0.413 e. The Morgan fingerprint density at radius 1 is 1.43 bits per heavy atom. The van der Waals surface area contributed by atoms with E-state index in [0.29, 0.717) is 12.4 Å². The number of H-pyrrole nitrogens is 1. The highest BCUT2D eigenvalue weighted by Crippen LogP contribution is 2.24. The molecule has 6 nitrogen and oxygen atoms in total. The molecular formula is C15H26N4O2. The van der Waals surface area contributed by atoms with E-state index in [1.807, 2.05) is 20.8 Å². The SMILES string of the molecule is CC(C)(C)OC(=O)Nc1[nH]ncc1CNCC1CCCC1. The number of hydrogen-bond acceptors (Lipinski definition) is 4. The fourth-order valence-corrected chi connectivity index (χ4v) is 2.58. The van der Waals surface area contributed by atoms with Crippen molar-refractivity contribution in [1.29, 1.82) is 0 Å². The van der Waals surface area contributed by atoms with Gasteiger partial charge in [0.15, 0.2) is 0 Å². The monoisotopic (exact) mass is 294 g/mol. The molecule has 2 rings (SSSR count). The van der Waals surface area contributed by atoms with Gasteiger partial charge < -0.3 is 10.1 Å². The maximum atomic E-state index is 11.8. The van der Waals surface area contributed by atoms with E-state index in [1.54, 1.807) is 6.20 Å². The van der Waals surface area contributed by atoms with Crippen LogP contribution in [0, 0.1) is 5.92 Å². The first-order chi connectivity index (χ1) is 9.94. The van der Waals surface area contributed by atoms with Gasteiger partial charge in [-0.3, -0.25) is 10.4 Å². The summed E-state index contributed by atoms with van der Waals surface area (Å²) in [6, 6.07) is 0. The highest BCUT2D eigenvalue weighted by atomic mass is 16.6. The van der Waals surface area contributed by atoms with E-state index in [-0.39, 0.29) is 0 Å². The van der Waals surface area contributed by atoms with Crippen LogP contribution < -0.4 is 10.6 Å². The first-order valence-corrected chi connectivity index (χ1v) is 7.67. The summed E-state index contributed by atoms with van der Waals surface area (Å²) < 4.78 is 5.23. The van der Waals surface area contributed by atoms with Gasteiger partial charge in [-0.05, 0) is 46.1 Å². The zero-order chi connectivity index (χ0) is 15.3. The fourth-order valence-electron chi connectivity index (χ4n) is 2.58. The molecule has 0 atom stereocenters. The van der Waals surface area contributed by atoms with Crippen LogP contribution in [0.5, 0.6) is 0 Å². The van der Waals surface area contributed by atoms with Crippen molar-refractivity contribution in [2.75, 3.05) is 11.9 Å². The van der Waals surface area contributed by atoms with Crippen molar-refractivity contribution in [3.8, 4) is 0 Å². The number of nitrogens with zero attached hydrogens (tertiary/aromatic N) is 1. The number of hydrogen-bond donors (Lipinski definition) is 3. The molecule has 1 fully saturated rings. The Morgan fingerprint density at radius 2 is 2.14 bits per heavy atom. The lowest BCUT2D eigenvalue weighted by atomic mass is 10.1. The van der Waals surface area contributed by atoms with E-state index in [2.05, 4.69) is 20.8 Å². The number of rotatable bonds is 5. The van der Waals surface area contributed by atoms with Gasteiger partial charge in [-0.15, -0.1) is 0 Å². The summed E-state index contributed by atoms with van der Waals surface area (Å²) in [7, 11) is 0. The quantitative estimate of drug-likeness (QED) is 0.780. The molecular weight excluding hydrogens is 268 g/mol. The summed E-state index contributed by atoms with van der Waals surface area (Å²) in [4.78, 5) is 11.8. The van der Waals surface area contributed by atoms with Crippen molar-refractivity contribution in [1.82, 2.24) is 15.5 Å². The molecule has 0 unspecified atom stereocenters. The normalized spacial score (nSPS) is 16.1. The minimum absolute atomic E-state index is 0.469. The number of carbonyl (C=O) groups excluding carboxylic acids is 1. The second-order valence-corrected chi connectivity index (χ2v) is 6.68. The number of aromatic amines is 1. The van der Waals surface area contributed by atoms with Crippen LogP contribution in [0.2, 0.25) is 0 Å². The lowest BCUT2D eigenvalue weighted by Crippen LogP contribution is -2.28. The topological polar surface area (TPSA) is 79.0 Å². The Balaban J connectivity index is 1.79. The van der Waals surface area contributed by atoms with Gasteiger partial charge in [0.05, 0.1) is 6.20 Å². The Labute approximate surface area is 126 Å². The van der Waals surface area contributed by atoms with Crippen molar-refractivity contribution < 1.29 is 9.53 Å². The summed E-state index contributed by atoms with van der Waals surface area (Å²) >= 11 is 0. The number of aromatic nitrogens is 2. The highest BCUT2D eigenvalue weighted by molar-refractivity contribution is 5.84. The Bertz CT molecular complexity index is 458. The van der Waals surface area contributed by atoms with Crippen molar-refractivity contribution in [3.05, 3.63) is 11.8 Å². The van der Waals surface area contributed by atoms with Gasteiger partial charge in [0.2, 0.25) is 0 Å². The third-order valence-corrected chi connectivity index (χ3v) is 3.57. The number of carbonyl (C=O) groups is 1. The molecule has 1 aliphatic rings. The molecule has 1 heterocycles. The number of nitrogens with one attached hydrogen (secondary N) is 3. The van der Waals surface area contributed by atoms with Crippen LogP contribution in [0.1, 0.15) is 52.0 Å². The van der Waals surface area contributed by atoms with Crippen molar-refractivity contribution in [2.24, 2.45) is 5.92 Å². The van der Waals surface area contributed by atoms with Crippen LogP contribution in [-0.4, -0.2) is 28.4 Å². The number of anilines is 1. The second-order valence-electron chi connectivity index (χ2n) is 6.68. The molecule has 0 aromatic carbocycles. The summed E-state index contributed by atoms with van der Waals surface area (Å²) in [6.45, 7) is 7.23. The first-order valence-electron chi connectivity index (χ1n) is 7.67. The molecule has 1 saturated carbocycles. The molecule has 0 aliphatic heterocycles. The minimum atomic E-state index is -0.509. The third kappa shape index (κ3) is 5.38. The van der Waals surface area contributed by atoms with Crippen LogP contribution >= 0.6 is 0 Å². The van der Waals surface area contributed by atoms with E-state index in [9.17, 15) is 4.79 Å². The molecule has 0 bridgehead atoms. The first kappa shape index (κ1) is 15.8. The second kappa shape index (κ2) is 6.93. The highest BCUT2D eigenvalue weighted by Gasteiger charge is 2.18. The van der Waals surface area contributed by atoms with E-state index in [0.717, 1.165) is 18.0 Å². The number of amides is 1. The average Bonchev–Trinajstić information content (AvgIpc) is 2.99. The summed E-state index contributed by atoms with van der Waals surface area (Å²) in [5.41, 5.74) is 0.434. The lowest BCUT2D eigenvalue weighted by Gasteiger charge is -2.19. The Kier molecular flexibility index (Phi) is 5.22.